The molecular weight excluding hydrogens is 1090 g/mol. The first-order valence-electron chi connectivity index (χ1n) is 27.5. The van der Waals surface area contributed by atoms with Crippen molar-refractivity contribution in [1.82, 2.24) is 25.7 Å². The molecule has 6 aromatic rings. The van der Waals surface area contributed by atoms with Gasteiger partial charge in [0.05, 0.1) is 41.4 Å². The number of aliphatic carboxylic acids is 1. The summed E-state index contributed by atoms with van der Waals surface area (Å²) in [5.74, 6) is -4.48. The number of aromatic amines is 1. The number of nitrogens with two attached hydrogens (primary N) is 1. The van der Waals surface area contributed by atoms with Crippen LogP contribution in [-0.4, -0.2) is 173 Å². The highest BCUT2D eigenvalue weighted by molar-refractivity contribution is 5.99. The van der Waals surface area contributed by atoms with E-state index in [2.05, 4.69) is 25.9 Å². The predicted molar refractivity (Wildman–Crippen MR) is 302 cm³/mol. The SMILES string of the molecule is Cc1cc(C)cc(-c2c3[nH]ccc3cn2O[C@@H]2[C@@H](Oc3ccc4c(=O)c(-c5ccc(O)cc5)coc4c3)O[C@@H]([C@](CO)(NC(N)=N[C@@H](C=O)[C@H]3C=C[C@H]4CCCC[C@H]4N3)OC(=O)[C@H](NCCC=O)C(=O)O)[C@@](O)(CO)[C@]2(O)[C@H](O)CCCO)c1. The number of nitrogens with one attached hydrogen (secondary N) is 4. The van der Waals surface area contributed by atoms with Gasteiger partial charge < -0.3 is 95.3 Å². The second-order valence-electron chi connectivity index (χ2n) is 21.5. The van der Waals surface area contributed by atoms with Crippen molar-refractivity contribution in [3.8, 4) is 33.9 Å². The van der Waals surface area contributed by atoms with E-state index >= 15 is 0 Å². The van der Waals surface area contributed by atoms with E-state index in [9.17, 15) is 64.8 Å². The molecule has 0 spiro atoms. The summed E-state index contributed by atoms with van der Waals surface area (Å²) in [5.41, 5.74) is -0.495. The summed E-state index contributed by atoms with van der Waals surface area (Å²) in [6.07, 6.45) is 1.94. The maximum atomic E-state index is 14.5. The summed E-state index contributed by atoms with van der Waals surface area (Å²) in [6, 6.07) is 12.6. The smallest absolute Gasteiger partial charge is 0.337 e. The van der Waals surface area contributed by atoms with Crippen LogP contribution in [0.3, 0.4) is 0 Å². The number of aromatic hydroxyl groups is 1. The number of benzene rings is 3. The topological polar surface area (TPSA) is 392 Å². The van der Waals surface area contributed by atoms with Crippen LogP contribution in [0.15, 0.2) is 112 Å². The zero-order valence-corrected chi connectivity index (χ0v) is 46.0. The maximum Gasteiger partial charge on any atom is 0.337 e. The predicted octanol–water partition coefficient (Wildman–Crippen LogP) is 1.34. The number of carboxylic acid groups (broad SMARTS) is 1. The molecule has 0 unspecified atom stereocenters. The molecule has 0 amide bonds. The van der Waals surface area contributed by atoms with Gasteiger partial charge in [0.1, 0.15) is 54.3 Å². The number of hydrogen-bond donors (Lipinski definition) is 13. The molecule has 448 valence electrons. The van der Waals surface area contributed by atoms with Crippen molar-refractivity contribution in [2.45, 2.75) is 124 Å². The zero-order chi connectivity index (χ0) is 60.1. The number of esters is 1. The van der Waals surface area contributed by atoms with Crippen LogP contribution in [0.25, 0.3) is 44.3 Å². The minimum atomic E-state index is -3.52. The van der Waals surface area contributed by atoms with Crippen molar-refractivity contribution < 1.29 is 83.5 Å². The van der Waals surface area contributed by atoms with Gasteiger partial charge in [-0.2, -0.15) is 4.73 Å². The van der Waals surface area contributed by atoms with Crippen molar-refractivity contribution in [3.05, 3.63) is 119 Å². The van der Waals surface area contributed by atoms with E-state index < -0.39 is 116 Å². The third kappa shape index (κ3) is 11.9. The van der Waals surface area contributed by atoms with Crippen molar-refractivity contribution in [2.75, 3.05) is 26.4 Å². The first kappa shape index (κ1) is 60.6. The van der Waals surface area contributed by atoms with Gasteiger partial charge in [0, 0.05) is 48.8 Å². The number of aliphatic hydroxyl groups is 6. The molecule has 14 N–H and O–H groups in total. The number of ether oxygens (including phenoxy) is 3. The molecule has 2 aliphatic heterocycles. The molecule has 9 rings (SSSR count). The quantitative estimate of drug-likeness (QED) is 0.00594. The number of guanidine groups is 1. The fourth-order valence-electron chi connectivity index (χ4n) is 11.7. The fraction of sp³-hybridized carbons (Fsp3) is 0.424. The van der Waals surface area contributed by atoms with E-state index in [1.807, 2.05) is 38.1 Å². The summed E-state index contributed by atoms with van der Waals surface area (Å²) in [7, 11) is 0. The highest BCUT2D eigenvalue weighted by atomic mass is 16.8. The van der Waals surface area contributed by atoms with Crippen LogP contribution < -0.4 is 36.7 Å². The molecule has 84 heavy (non-hydrogen) atoms. The van der Waals surface area contributed by atoms with Gasteiger partial charge in [0.25, 0.3) is 0 Å². The number of aliphatic imine (C=N–C) groups is 1. The van der Waals surface area contributed by atoms with Gasteiger partial charge in [0.2, 0.25) is 24.2 Å². The number of rotatable bonds is 24. The van der Waals surface area contributed by atoms with E-state index in [-0.39, 0.29) is 52.8 Å². The number of H-pyrrole nitrogens is 1. The van der Waals surface area contributed by atoms with E-state index in [4.69, 9.17) is 29.2 Å². The number of phenols is 1. The Balaban J connectivity index is 1.23. The van der Waals surface area contributed by atoms with E-state index in [1.54, 1.807) is 18.3 Å². The maximum absolute atomic E-state index is 14.5. The molecule has 1 saturated carbocycles. The number of aryl methyl sites for hydroxylation is 2. The summed E-state index contributed by atoms with van der Waals surface area (Å²) in [5, 5.41) is 103. The van der Waals surface area contributed by atoms with E-state index in [0.29, 0.717) is 40.3 Å². The first-order chi connectivity index (χ1) is 40.3. The lowest BCUT2D eigenvalue weighted by atomic mass is 9.66. The molecule has 3 aromatic heterocycles. The number of aliphatic hydroxyl groups excluding tert-OH is 4. The van der Waals surface area contributed by atoms with Crippen LogP contribution in [0.2, 0.25) is 0 Å². The van der Waals surface area contributed by atoms with Crippen molar-refractivity contribution in [1.29, 1.82) is 0 Å². The Morgan fingerprint density at radius 3 is 2.44 bits per heavy atom. The van der Waals surface area contributed by atoms with Gasteiger partial charge in [-0.05, 0) is 93.5 Å². The van der Waals surface area contributed by atoms with Gasteiger partial charge in [-0.15, -0.1) is 0 Å². The van der Waals surface area contributed by atoms with Crippen LogP contribution >= 0.6 is 0 Å². The zero-order valence-electron chi connectivity index (χ0n) is 46.0. The fourth-order valence-corrected chi connectivity index (χ4v) is 11.7. The summed E-state index contributed by atoms with van der Waals surface area (Å²) in [6.45, 7) is -0.522. The lowest BCUT2D eigenvalue weighted by molar-refractivity contribution is -0.400. The molecule has 25 heteroatoms. The van der Waals surface area contributed by atoms with E-state index in [1.165, 1.54) is 59.7 Å². The Labute approximate surface area is 480 Å². The van der Waals surface area contributed by atoms with Gasteiger partial charge in [-0.25, -0.2) is 14.6 Å². The van der Waals surface area contributed by atoms with Crippen LogP contribution in [0.4, 0.5) is 0 Å². The third-order valence-corrected chi connectivity index (χ3v) is 15.8. The molecule has 5 heterocycles. The summed E-state index contributed by atoms with van der Waals surface area (Å²) in [4.78, 5) is 80.0. The number of phenolic OH excluding ortho intramolecular Hbond substituents is 1. The number of carboxylic acids is 1. The molecule has 0 bridgehead atoms. The van der Waals surface area contributed by atoms with Gasteiger partial charge in [-0.3, -0.25) is 10.1 Å². The molecule has 1 saturated heterocycles. The molecular formula is C59H69N7O18. The number of carbonyl (C=O) groups excluding carboxylic acids is 3. The molecule has 1 aliphatic carbocycles. The van der Waals surface area contributed by atoms with Gasteiger partial charge in [-0.1, -0.05) is 54.3 Å². The van der Waals surface area contributed by atoms with Crippen molar-refractivity contribution >= 4 is 52.3 Å². The van der Waals surface area contributed by atoms with Crippen molar-refractivity contribution in [2.24, 2.45) is 16.6 Å². The number of carbonyl (C=O) groups is 4. The molecule has 2 fully saturated rings. The second kappa shape index (κ2) is 25.5. The lowest BCUT2D eigenvalue weighted by Crippen LogP contribution is -2.86. The first-order valence-corrected chi connectivity index (χ1v) is 27.5. The lowest BCUT2D eigenvalue weighted by Gasteiger charge is -2.59. The Kier molecular flexibility index (Phi) is 18.4. The number of nitrogens with zero attached hydrogens (tertiary/aromatic N) is 2. The highest BCUT2D eigenvalue weighted by Gasteiger charge is 2.75. The average molecular weight is 1160 g/mol. The third-order valence-electron chi connectivity index (χ3n) is 15.8. The standard InChI is InChI=1S/C59H69N7O18/c1-32-23-33(2)25-37(24-32)49-47-36(18-20-62-47)27-66(49)84-51-54(81-39-15-16-40-45(26-39)80-29-41(50(40)74)34-10-13-38(72)14-11-34)82-55(57(78,30-70)59(51,79)46(73)9-5-21-67)58(31-71,83-53(77)48(52(75)76)61-19-6-22-68)65-56(60)64-44(28-69)43-17-12-35-7-3-4-8-42(35)63-43/h10-18,20,22-29,35,42-44,46,48,51,54-55,61-63,67,70-73,78-79H,3-9,19,21,30-31H2,1-2H3,(H,75,76)(H3,60,64,65)/t35-,42-,43-,44+,46-,48-,51-,54+,55-,57+,58-,59+/m1/s1. The van der Waals surface area contributed by atoms with Crippen LogP contribution in [0.5, 0.6) is 11.5 Å². The Bertz CT molecular complexity index is 3450. The van der Waals surface area contributed by atoms with E-state index in [0.717, 1.165) is 36.8 Å². The normalized spacial score (nSPS) is 25.2. The summed E-state index contributed by atoms with van der Waals surface area (Å²) < 4.78 is 26.4. The Morgan fingerprint density at radius 2 is 1.75 bits per heavy atom. The number of aldehydes is 2. The number of aromatic nitrogens is 2. The van der Waals surface area contributed by atoms with Crippen molar-refractivity contribution in [3.63, 3.8) is 0 Å². The minimum Gasteiger partial charge on any atom is -0.508 e. The van der Waals surface area contributed by atoms with Gasteiger partial charge >= 0.3 is 11.9 Å². The van der Waals surface area contributed by atoms with Gasteiger partial charge in [0.15, 0.2) is 28.7 Å². The van der Waals surface area contributed by atoms with Crippen LogP contribution in [0, 0.1) is 19.8 Å². The highest BCUT2D eigenvalue weighted by Crippen LogP contribution is 2.47. The molecule has 3 aromatic carbocycles. The minimum absolute atomic E-state index is 0.0196. The summed E-state index contributed by atoms with van der Waals surface area (Å²) >= 11 is 0. The molecule has 3 aliphatic rings. The Morgan fingerprint density at radius 1 is 1.00 bits per heavy atom. The average Bonchev–Trinajstić information content (AvgIpc) is 0.749. The molecule has 12 atom stereocenters. The largest absolute Gasteiger partial charge is 0.508 e. The Hall–Kier alpha value is -7.98. The molecule has 0 radical (unpaired) electrons. The number of hydrogen-bond acceptors (Lipinski definition) is 20. The number of fused-ring (bicyclic) bond motifs is 3. The molecule has 25 nitrogen and oxygen atoms in total. The van der Waals surface area contributed by atoms with Crippen LogP contribution in [-0.2, 0) is 28.7 Å². The monoisotopic (exact) mass is 1160 g/mol. The second-order valence-corrected chi connectivity index (χ2v) is 21.5. The van der Waals surface area contributed by atoms with Crippen LogP contribution in [0.1, 0.15) is 56.1 Å².